The minimum atomic E-state index is -0.477. The summed E-state index contributed by atoms with van der Waals surface area (Å²) in [4.78, 5) is 16.6. The molecule has 0 aliphatic heterocycles. The smallest absolute Gasteiger partial charge is 0.220 e. The Labute approximate surface area is 132 Å². The Balaban J connectivity index is 2.02. The number of amides is 1. The fourth-order valence-electron chi connectivity index (χ4n) is 3.17. The van der Waals surface area contributed by atoms with E-state index in [1.165, 1.54) is 0 Å². The van der Waals surface area contributed by atoms with Crippen molar-refractivity contribution in [2.75, 3.05) is 0 Å². The van der Waals surface area contributed by atoms with E-state index in [4.69, 9.17) is 0 Å². The van der Waals surface area contributed by atoms with Gasteiger partial charge in [-0.1, -0.05) is 20.8 Å². The summed E-state index contributed by atoms with van der Waals surface area (Å²) in [6.07, 6.45) is 2.25. The Kier molecular flexibility index (Phi) is 4.90. The van der Waals surface area contributed by atoms with Crippen LogP contribution in [0, 0.1) is 12.3 Å². The van der Waals surface area contributed by atoms with Crippen LogP contribution >= 0.6 is 0 Å². The zero-order chi connectivity index (χ0) is 16.5. The van der Waals surface area contributed by atoms with Crippen LogP contribution < -0.4 is 5.32 Å². The molecule has 6 heteroatoms. The molecule has 1 amide bonds. The van der Waals surface area contributed by atoms with Crippen LogP contribution in [0.2, 0.25) is 0 Å². The first-order valence-corrected chi connectivity index (χ1v) is 8.00. The first-order chi connectivity index (χ1) is 10.2. The first kappa shape index (κ1) is 16.9. The van der Waals surface area contributed by atoms with Crippen molar-refractivity contribution in [2.24, 2.45) is 12.5 Å². The van der Waals surface area contributed by atoms with E-state index in [-0.39, 0.29) is 23.3 Å². The number of hydrogen-bond acceptors (Lipinski definition) is 4. The van der Waals surface area contributed by atoms with Gasteiger partial charge in [-0.2, -0.15) is 5.10 Å². The quantitative estimate of drug-likeness (QED) is 0.890. The number of rotatable bonds is 3. The second kappa shape index (κ2) is 6.36. The molecule has 0 radical (unpaired) electrons. The van der Waals surface area contributed by atoms with Crippen molar-refractivity contribution in [3.05, 3.63) is 11.6 Å². The van der Waals surface area contributed by atoms with Gasteiger partial charge >= 0.3 is 0 Å². The zero-order valence-electron chi connectivity index (χ0n) is 14.3. The van der Waals surface area contributed by atoms with Crippen molar-refractivity contribution in [3.63, 3.8) is 0 Å². The molecule has 1 aromatic rings. The molecule has 1 aliphatic carbocycles. The SMILES string of the molecule is Cc1nc([C@H]2CC[C@@H](O)[C@H](NC(=O)CC(C)(C)C)C2)n(C)n1. The van der Waals surface area contributed by atoms with E-state index >= 15 is 0 Å². The van der Waals surface area contributed by atoms with Gasteiger partial charge in [0.05, 0.1) is 12.1 Å². The van der Waals surface area contributed by atoms with Gasteiger partial charge in [-0.3, -0.25) is 9.48 Å². The van der Waals surface area contributed by atoms with Gasteiger partial charge in [0, 0.05) is 19.4 Å². The number of carbonyl (C=O) groups excluding carboxylic acids is 1. The molecule has 0 unspecified atom stereocenters. The third-order valence-electron chi connectivity index (χ3n) is 4.12. The number of aliphatic hydroxyl groups is 1. The van der Waals surface area contributed by atoms with Crippen LogP contribution in [0.15, 0.2) is 0 Å². The Hall–Kier alpha value is -1.43. The van der Waals surface area contributed by atoms with Gasteiger partial charge in [0.2, 0.25) is 5.91 Å². The molecule has 2 rings (SSSR count). The topological polar surface area (TPSA) is 80.0 Å². The standard InChI is InChI=1S/C16H28N4O2/c1-10-17-15(20(5)19-10)11-6-7-13(21)12(8-11)18-14(22)9-16(2,3)4/h11-13,21H,6-9H2,1-5H3,(H,18,22)/t11-,12+,13+/m0/s1. The normalized spacial score (nSPS) is 26.0. The van der Waals surface area contributed by atoms with Crippen molar-refractivity contribution in [1.82, 2.24) is 20.1 Å². The lowest BCUT2D eigenvalue weighted by Crippen LogP contribution is -2.47. The maximum absolute atomic E-state index is 12.1. The third kappa shape index (κ3) is 4.29. The summed E-state index contributed by atoms with van der Waals surface area (Å²) in [7, 11) is 1.90. The van der Waals surface area contributed by atoms with Gasteiger partial charge in [0.25, 0.3) is 0 Å². The monoisotopic (exact) mass is 308 g/mol. The van der Waals surface area contributed by atoms with Gasteiger partial charge in [-0.05, 0) is 31.6 Å². The van der Waals surface area contributed by atoms with E-state index < -0.39 is 6.10 Å². The highest BCUT2D eigenvalue weighted by molar-refractivity contribution is 5.77. The molecule has 22 heavy (non-hydrogen) atoms. The van der Waals surface area contributed by atoms with Gasteiger partial charge < -0.3 is 10.4 Å². The Morgan fingerprint density at radius 1 is 1.41 bits per heavy atom. The predicted octanol–water partition coefficient (Wildman–Crippen LogP) is 1.67. The maximum Gasteiger partial charge on any atom is 0.220 e. The lowest BCUT2D eigenvalue weighted by atomic mass is 9.82. The van der Waals surface area contributed by atoms with Gasteiger partial charge in [-0.15, -0.1) is 0 Å². The minimum Gasteiger partial charge on any atom is -0.391 e. The Bertz CT molecular complexity index is 533. The summed E-state index contributed by atoms with van der Waals surface area (Å²) in [5.74, 6) is 1.94. The largest absolute Gasteiger partial charge is 0.391 e. The lowest BCUT2D eigenvalue weighted by Gasteiger charge is -2.34. The zero-order valence-corrected chi connectivity index (χ0v) is 14.3. The molecule has 1 heterocycles. The number of aromatic nitrogens is 3. The number of nitrogens with zero attached hydrogens (tertiary/aromatic N) is 3. The number of hydrogen-bond donors (Lipinski definition) is 2. The van der Waals surface area contributed by atoms with E-state index in [0.29, 0.717) is 19.3 Å². The molecule has 0 aromatic carbocycles. The Morgan fingerprint density at radius 2 is 2.09 bits per heavy atom. The molecule has 6 nitrogen and oxygen atoms in total. The first-order valence-electron chi connectivity index (χ1n) is 8.00. The average Bonchev–Trinajstić information content (AvgIpc) is 2.69. The third-order valence-corrected chi connectivity index (χ3v) is 4.12. The van der Waals surface area contributed by atoms with Crippen molar-refractivity contribution >= 4 is 5.91 Å². The number of carbonyl (C=O) groups is 1. The minimum absolute atomic E-state index is 0.00588. The van der Waals surface area contributed by atoms with Gasteiger partial charge in [0.1, 0.15) is 11.6 Å². The number of aliphatic hydroxyl groups excluding tert-OH is 1. The molecule has 1 aromatic heterocycles. The molecule has 2 N–H and O–H groups in total. The summed E-state index contributed by atoms with van der Waals surface area (Å²) < 4.78 is 1.81. The molecular formula is C16H28N4O2. The van der Waals surface area contributed by atoms with E-state index in [9.17, 15) is 9.90 Å². The van der Waals surface area contributed by atoms with E-state index in [0.717, 1.165) is 18.1 Å². The molecule has 1 aliphatic rings. The number of aryl methyl sites for hydroxylation is 2. The molecular weight excluding hydrogens is 280 g/mol. The fourth-order valence-corrected chi connectivity index (χ4v) is 3.17. The molecule has 0 spiro atoms. The predicted molar refractivity (Wildman–Crippen MR) is 84.3 cm³/mol. The summed E-state index contributed by atoms with van der Waals surface area (Å²) in [5.41, 5.74) is -0.0518. The second-order valence-electron chi connectivity index (χ2n) is 7.63. The molecule has 124 valence electrons. The lowest BCUT2D eigenvalue weighted by molar-refractivity contribution is -0.124. The highest BCUT2D eigenvalue weighted by Crippen LogP contribution is 2.32. The Morgan fingerprint density at radius 3 is 2.64 bits per heavy atom. The molecule has 0 bridgehead atoms. The van der Waals surface area contributed by atoms with Crippen LogP contribution in [-0.2, 0) is 11.8 Å². The van der Waals surface area contributed by atoms with E-state index in [1.807, 2.05) is 39.4 Å². The molecule has 3 atom stereocenters. The van der Waals surface area contributed by atoms with Crippen LogP contribution in [0.25, 0.3) is 0 Å². The molecule has 0 saturated heterocycles. The summed E-state index contributed by atoms with van der Waals surface area (Å²) >= 11 is 0. The number of nitrogens with one attached hydrogen (secondary N) is 1. The van der Waals surface area contributed by atoms with E-state index in [1.54, 1.807) is 0 Å². The van der Waals surface area contributed by atoms with Crippen LogP contribution in [0.3, 0.4) is 0 Å². The second-order valence-corrected chi connectivity index (χ2v) is 7.63. The van der Waals surface area contributed by atoms with Crippen molar-refractivity contribution in [3.8, 4) is 0 Å². The molecule has 1 saturated carbocycles. The summed E-state index contributed by atoms with van der Waals surface area (Å²) in [6, 6.07) is -0.203. The van der Waals surface area contributed by atoms with Crippen LogP contribution in [-0.4, -0.2) is 37.9 Å². The van der Waals surface area contributed by atoms with Gasteiger partial charge in [-0.25, -0.2) is 4.98 Å². The highest BCUT2D eigenvalue weighted by atomic mass is 16.3. The van der Waals surface area contributed by atoms with Crippen molar-refractivity contribution in [2.45, 2.75) is 71.4 Å². The average molecular weight is 308 g/mol. The van der Waals surface area contributed by atoms with Crippen molar-refractivity contribution in [1.29, 1.82) is 0 Å². The van der Waals surface area contributed by atoms with Gasteiger partial charge in [0.15, 0.2) is 0 Å². The fraction of sp³-hybridized carbons (Fsp3) is 0.812. The molecule has 1 fully saturated rings. The van der Waals surface area contributed by atoms with Crippen molar-refractivity contribution < 1.29 is 9.90 Å². The summed E-state index contributed by atoms with van der Waals surface area (Å²) in [5, 5.41) is 17.5. The van der Waals surface area contributed by atoms with Crippen LogP contribution in [0.5, 0.6) is 0 Å². The van der Waals surface area contributed by atoms with E-state index in [2.05, 4.69) is 15.4 Å². The van der Waals surface area contributed by atoms with Crippen LogP contribution in [0.4, 0.5) is 0 Å². The highest BCUT2D eigenvalue weighted by Gasteiger charge is 2.33. The summed E-state index contributed by atoms with van der Waals surface area (Å²) in [6.45, 7) is 7.99. The maximum atomic E-state index is 12.1. The van der Waals surface area contributed by atoms with Crippen LogP contribution in [0.1, 0.15) is 64.0 Å².